The molecular formula is C15H21N7O5S2. The molecule has 0 saturated carbocycles. The average molecular weight is 444 g/mol. The van der Waals surface area contributed by atoms with Crippen LogP contribution < -0.4 is 20.6 Å². The van der Waals surface area contributed by atoms with Gasteiger partial charge in [0.15, 0.2) is 0 Å². The van der Waals surface area contributed by atoms with E-state index in [1.807, 2.05) is 0 Å². The van der Waals surface area contributed by atoms with Crippen LogP contribution in [-0.4, -0.2) is 58.3 Å². The number of guanidine groups is 1. The molecule has 0 radical (unpaired) electrons. The summed E-state index contributed by atoms with van der Waals surface area (Å²) in [5.41, 5.74) is 6.09. The number of nitrogens with two attached hydrogens (primary N) is 2. The SMILES string of the molecule is COc1cc(C)nc(N(C(N)=NN)S(=O)(=O)c2ccccc2S(=O)(=O)N(C)C)n1. The molecule has 1 aromatic heterocycles. The normalized spacial score (nSPS) is 12.8. The van der Waals surface area contributed by atoms with Gasteiger partial charge in [0.1, 0.15) is 9.79 Å². The minimum atomic E-state index is -4.64. The first-order valence-corrected chi connectivity index (χ1v) is 10.8. The van der Waals surface area contributed by atoms with Crippen molar-refractivity contribution in [2.45, 2.75) is 16.7 Å². The van der Waals surface area contributed by atoms with E-state index in [-0.39, 0.29) is 5.88 Å². The maximum Gasteiger partial charge on any atom is 0.274 e. The summed E-state index contributed by atoms with van der Waals surface area (Å²) in [5.74, 6) is 4.19. The summed E-state index contributed by atoms with van der Waals surface area (Å²) >= 11 is 0. The van der Waals surface area contributed by atoms with Gasteiger partial charge in [0.25, 0.3) is 10.0 Å². The van der Waals surface area contributed by atoms with Crippen LogP contribution in [0.4, 0.5) is 5.95 Å². The molecule has 14 heteroatoms. The van der Waals surface area contributed by atoms with Crippen molar-refractivity contribution in [1.82, 2.24) is 14.3 Å². The number of benzene rings is 1. The number of hydrogen-bond acceptors (Lipinski definition) is 9. The van der Waals surface area contributed by atoms with Crippen LogP contribution in [0, 0.1) is 6.92 Å². The summed E-state index contributed by atoms with van der Waals surface area (Å²) < 4.78 is 58.6. The van der Waals surface area contributed by atoms with E-state index in [4.69, 9.17) is 16.3 Å². The number of rotatable bonds is 6. The Morgan fingerprint density at radius 2 is 1.62 bits per heavy atom. The average Bonchev–Trinajstić information content (AvgIpc) is 2.67. The highest BCUT2D eigenvalue weighted by Crippen LogP contribution is 2.28. The zero-order chi connectivity index (χ0) is 22.0. The molecule has 12 nitrogen and oxygen atoms in total. The van der Waals surface area contributed by atoms with Crippen LogP contribution >= 0.6 is 0 Å². The molecule has 0 atom stereocenters. The lowest BCUT2D eigenvalue weighted by atomic mass is 10.4. The molecule has 0 unspecified atom stereocenters. The van der Waals surface area contributed by atoms with Gasteiger partial charge < -0.3 is 16.3 Å². The van der Waals surface area contributed by atoms with E-state index >= 15 is 0 Å². The van der Waals surface area contributed by atoms with Gasteiger partial charge in [-0.2, -0.15) is 9.29 Å². The Morgan fingerprint density at radius 1 is 1.07 bits per heavy atom. The highest BCUT2D eigenvalue weighted by Gasteiger charge is 2.36. The lowest BCUT2D eigenvalue weighted by Gasteiger charge is -2.23. The third-order valence-corrected chi connectivity index (χ3v) is 7.42. The summed E-state index contributed by atoms with van der Waals surface area (Å²) in [6.07, 6.45) is 0. The van der Waals surface area contributed by atoms with Crippen LogP contribution in [0.15, 0.2) is 45.2 Å². The van der Waals surface area contributed by atoms with Crippen molar-refractivity contribution >= 4 is 32.0 Å². The van der Waals surface area contributed by atoms with E-state index in [9.17, 15) is 16.8 Å². The molecule has 0 aliphatic heterocycles. The molecule has 1 heterocycles. The van der Waals surface area contributed by atoms with Gasteiger partial charge in [0.2, 0.25) is 27.8 Å². The molecule has 0 spiro atoms. The quantitative estimate of drug-likeness (QED) is 0.256. The van der Waals surface area contributed by atoms with Crippen molar-refractivity contribution in [3.8, 4) is 5.88 Å². The van der Waals surface area contributed by atoms with Crippen molar-refractivity contribution in [2.75, 3.05) is 25.5 Å². The first kappa shape index (κ1) is 22.3. The van der Waals surface area contributed by atoms with E-state index in [0.717, 1.165) is 16.4 Å². The van der Waals surface area contributed by atoms with Gasteiger partial charge in [-0.05, 0) is 19.1 Å². The Hall–Kier alpha value is -2.97. The van der Waals surface area contributed by atoms with Crippen LogP contribution in [0.1, 0.15) is 5.69 Å². The standard InChI is InChI=1S/C15H21N7O5S2/c1-10-9-13(27-4)19-15(18-10)22(14(16)20-17)29(25,26)12-8-6-5-7-11(12)28(23,24)21(2)3/h5-9H,17H2,1-4H3,(H2,16,20). The Balaban J connectivity index is 2.83. The van der Waals surface area contributed by atoms with Gasteiger partial charge >= 0.3 is 0 Å². The van der Waals surface area contributed by atoms with Crippen molar-refractivity contribution in [3.05, 3.63) is 36.0 Å². The third-order valence-electron chi connectivity index (χ3n) is 3.68. The van der Waals surface area contributed by atoms with Gasteiger partial charge in [-0.25, -0.2) is 26.1 Å². The van der Waals surface area contributed by atoms with Crippen molar-refractivity contribution in [3.63, 3.8) is 0 Å². The topological polar surface area (TPSA) is 174 Å². The number of methoxy groups -OCH3 is 1. The highest BCUT2D eigenvalue weighted by molar-refractivity contribution is 7.95. The molecule has 4 N–H and O–H groups in total. The smallest absolute Gasteiger partial charge is 0.274 e. The molecule has 2 aromatic rings. The first-order chi connectivity index (χ1) is 13.5. The molecule has 29 heavy (non-hydrogen) atoms. The van der Waals surface area contributed by atoms with Crippen molar-refractivity contribution in [2.24, 2.45) is 16.7 Å². The second kappa shape index (κ2) is 8.18. The highest BCUT2D eigenvalue weighted by atomic mass is 32.2. The van der Waals surface area contributed by atoms with E-state index in [1.54, 1.807) is 6.92 Å². The van der Waals surface area contributed by atoms with Crippen LogP contribution in [0.25, 0.3) is 0 Å². The number of anilines is 1. The predicted octanol–water partition coefficient (Wildman–Crippen LogP) is -0.572. The molecule has 2 rings (SSSR count). The zero-order valence-electron chi connectivity index (χ0n) is 16.1. The Bertz CT molecular complexity index is 1150. The zero-order valence-corrected chi connectivity index (χ0v) is 17.8. The van der Waals surface area contributed by atoms with E-state index in [2.05, 4.69) is 15.1 Å². The van der Waals surface area contributed by atoms with Crippen LogP contribution in [0.3, 0.4) is 0 Å². The predicted molar refractivity (Wildman–Crippen MR) is 106 cm³/mol. The number of nitrogens with zero attached hydrogens (tertiary/aromatic N) is 5. The number of hydrazone groups is 1. The van der Waals surface area contributed by atoms with Crippen molar-refractivity contribution in [1.29, 1.82) is 0 Å². The van der Waals surface area contributed by atoms with Gasteiger partial charge in [-0.1, -0.05) is 12.1 Å². The Morgan fingerprint density at radius 3 is 2.10 bits per heavy atom. The fourth-order valence-electron chi connectivity index (χ4n) is 2.28. The van der Waals surface area contributed by atoms with Crippen LogP contribution in [0.5, 0.6) is 5.88 Å². The molecule has 0 aliphatic carbocycles. The minimum Gasteiger partial charge on any atom is -0.481 e. The van der Waals surface area contributed by atoms with Gasteiger partial charge in [0, 0.05) is 25.9 Å². The number of aryl methyl sites for hydroxylation is 1. The van der Waals surface area contributed by atoms with E-state index < -0.39 is 41.7 Å². The van der Waals surface area contributed by atoms with Gasteiger partial charge in [-0.3, -0.25) is 0 Å². The number of ether oxygens (including phenoxy) is 1. The summed E-state index contributed by atoms with van der Waals surface area (Å²) in [6.45, 7) is 1.58. The van der Waals surface area contributed by atoms with Crippen molar-refractivity contribution < 1.29 is 21.6 Å². The first-order valence-electron chi connectivity index (χ1n) is 7.96. The third kappa shape index (κ3) is 4.23. The number of aromatic nitrogens is 2. The van der Waals surface area contributed by atoms with Gasteiger partial charge in [0.05, 0.1) is 7.11 Å². The molecule has 0 aliphatic rings. The second-order valence-electron chi connectivity index (χ2n) is 5.84. The Labute approximate surface area is 168 Å². The van der Waals surface area contributed by atoms with E-state index in [0.29, 0.717) is 10.00 Å². The summed E-state index contributed by atoms with van der Waals surface area (Å²) in [6, 6.07) is 6.51. The summed E-state index contributed by atoms with van der Waals surface area (Å²) in [4.78, 5) is 7.02. The molecule has 0 bridgehead atoms. The molecule has 0 fully saturated rings. The molecule has 0 saturated heterocycles. The maximum absolute atomic E-state index is 13.4. The lowest BCUT2D eigenvalue weighted by molar-refractivity contribution is 0.397. The lowest BCUT2D eigenvalue weighted by Crippen LogP contribution is -2.44. The second-order valence-corrected chi connectivity index (χ2v) is 9.72. The summed E-state index contributed by atoms with van der Waals surface area (Å²) in [7, 11) is -4.86. The van der Waals surface area contributed by atoms with E-state index in [1.165, 1.54) is 39.4 Å². The monoisotopic (exact) mass is 443 g/mol. The number of hydrogen-bond donors (Lipinski definition) is 2. The van der Waals surface area contributed by atoms with Crippen LogP contribution in [-0.2, 0) is 20.0 Å². The number of sulfonamides is 2. The fraction of sp³-hybridized carbons (Fsp3) is 0.267. The minimum absolute atomic E-state index is 0.0618. The largest absolute Gasteiger partial charge is 0.481 e. The fourth-order valence-corrected chi connectivity index (χ4v) is 5.23. The van der Waals surface area contributed by atoms with Crippen LogP contribution in [0.2, 0.25) is 0 Å². The maximum atomic E-state index is 13.4. The molecule has 1 aromatic carbocycles. The summed E-state index contributed by atoms with van der Waals surface area (Å²) in [5, 5.41) is 3.23. The molecule has 158 valence electrons. The molecule has 0 amide bonds. The Kier molecular flexibility index (Phi) is 6.30. The van der Waals surface area contributed by atoms with Gasteiger partial charge in [-0.15, -0.1) is 5.10 Å². The molecular weight excluding hydrogens is 422 g/mol.